The number of rotatable bonds is 2. The molecule has 0 saturated carbocycles. The fourth-order valence-electron chi connectivity index (χ4n) is 2.17. The van der Waals surface area contributed by atoms with Gasteiger partial charge in [0.15, 0.2) is 0 Å². The molecular weight excluding hydrogens is 278 g/mol. The summed E-state index contributed by atoms with van der Waals surface area (Å²) in [5.74, 6) is 0.985. The third-order valence-corrected chi connectivity index (χ3v) is 2.79. The zero-order valence-electron chi connectivity index (χ0n) is 9.63. The molecule has 0 atom stereocenters. The van der Waals surface area contributed by atoms with Crippen LogP contribution in [0.25, 0.3) is 16.8 Å². The van der Waals surface area contributed by atoms with Crippen LogP contribution in [-0.4, -0.2) is 14.0 Å². The number of halogens is 1. The van der Waals surface area contributed by atoms with Crippen molar-refractivity contribution in [3.05, 3.63) is 48.8 Å². The Bertz CT molecular complexity index is 678. The lowest BCUT2D eigenvalue weighted by atomic mass is 10.3. The number of benzene rings is 1. The number of aromatic nitrogens is 3. The van der Waals surface area contributed by atoms with Crippen molar-refractivity contribution in [1.82, 2.24) is 14.0 Å². The second-order valence-electron chi connectivity index (χ2n) is 3.94. The Hall–Kier alpha value is -1.55. The van der Waals surface area contributed by atoms with E-state index >= 15 is 0 Å². The van der Waals surface area contributed by atoms with Crippen molar-refractivity contribution in [2.45, 2.75) is 13.5 Å². The van der Waals surface area contributed by atoms with E-state index in [2.05, 4.69) is 44.9 Å². The van der Waals surface area contributed by atoms with Crippen LogP contribution < -0.4 is 0 Å². The van der Waals surface area contributed by atoms with Crippen molar-refractivity contribution in [2.75, 3.05) is 0 Å². The van der Waals surface area contributed by atoms with Crippen molar-refractivity contribution in [1.29, 1.82) is 0 Å². The quantitative estimate of drug-likeness (QED) is 0.664. The minimum atomic E-state index is 0. The average Bonchev–Trinajstić information content (AvgIpc) is 2.78. The number of aryl methyl sites for hydroxylation is 1. The van der Waals surface area contributed by atoms with Gasteiger partial charge in [0.25, 0.3) is 0 Å². The molecule has 0 amide bonds. The molecule has 0 saturated heterocycles. The first-order valence-electron chi connectivity index (χ1n) is 5.35. The first-order valence-corrected chi connectivity index (χ1v) is 5.35. The van der Waals surface area contributed by atoms with Crippen LogP contribution in [0.1, 0.15) is 5.69 Å². The van der Waals surface area contributed by atoms with Gasteiger partial charge in [0.2, 0.25) is 5.78 Å². The van der Waals surface area contributed by atoms with E-state index in [0.717, 1.165) is 18.0 Å². The number of nitrogens with zero attached hydrogens (tertiary/aromatic N) is 3. The van der Waals surface area contributed by atoms with E-state index in [0.29, 0.717) is 0 Å². The van der Waals surface area contributed by atoms with Crippen LogP contribution in [-0.2, 0) is 6.54 Å². The molecule has 0 N–H and O–H groups in total. The van der Waals surface area contributed by atoms with Crippen molar-refractivity contribution >= 4 is 33.8 Å². The molecule has 17 heavy (non-hydrogen) atoms. The number of imidazole rings is 2. The van der Waals surface area contributed by atoms with Gasteiger partial charge in [-0.3, -0.25) is 4.40 Å². The number of fused-ring (bicyclic) bond motifs is 3. The number of para-hydroxylation sites is 2. The number of allylic oxidation sites excluding steroid dienone is 1. The Morgan fingerprint density at radius 1 is 1.29 bits per heavy atom. The van der Waals surface area contributed by atoms with Gasteiger partial charge in [-0.05, 0) is 19.1 Å². The van der Waals surface area contributed by atoms with Crippen molar-refractivity contribution < 1.29 is 0 Å². The highest BCUT2D eigenvalue weighted by Crippen LogP contribution is 2.20. The third-order valence-electron chi connectivity index (χ3n) is 2.79. The van der Waals surface area contributed by atoms with Gasteiger partial charge in [-0.25, -0.2) is 4.98 Å². The largest absolute Gasteiger partial charge is 0.306 e. The van der Waals surface area contributed by atoms with Crippen LogP contribution in [0.3, 0.4) is 0 Å². The van der Waals surface area contributed by atoms with Gasteiger partial charge in [0.05, 0.1) is 16.7 Å². The van der Waals surface area contributed by atoms with E-state index in [1.807, 2.05) is 19.1 Å². The maximum atomic E-state index is 4.55. The number of hydrogen-bond donors (Lipinski definition) is 0. The molecule has 0 bridgehead atoms. The molecule has 0 aliphatic rings. The molecule has 2 heterocycles. The molecule has 4 heteroatoms. The highest BCUT2D eigenvalue weighted by Gasteiger charge is 2.10. The van der Waals surface area contributed by atoms with E-state index < -0.39 is 0 Å². The Morgan fingerprint density at radius 3 is 2.71 bits per heavy atom. The van der Waals surface area contributed by atoms with E-state index in [1.165, 1.54) is 11.0 Å². The molecule has 0 unspecified atom stereocenters. The van der Waals surface area contributed by atoms with Gasteiger partial charge in [-0.15, -0.1) is 23.6 Å². The van der Waals surface area contributed by atoms with E-state index in [-0.39, 0.29) is 17.0 Å². The predicted molar refractivity (Wildman–Crippen MR) is 75.9 cm³/mol. The predicted octanol–water partition coefficient (Wildman–Crippen LogP) is 3.36. The Balaban J connectivity index is 0.00000108. The molecule has 3 nitrogen and oxygen atoms in total. The van der Waals surface area contributed by atoms with Crippen LogP contribution in [0.15, 0.2) is 43.1 Å². The Labute approximate surface area is 110 Å². The van der Waals surface area contributed by atoms with E-state index in [4.69, 9.17) is 0 Å². The molecule has 3 aromatic rings. The molecule has 0 spiro atoms. The standard InChI is InChI=1S/C13H13N3.BrH/c1-3-8-15-11-6-4-5-7-12(11)16-9-10(2)14-13(15)16;/h3-7,9H,1,8H2,2H3;1H. The molecule has 0 fully saturated rings. The van der Waals surface area contributed by atoms with Crippen molar-refractivity contribution in [2.24, 2.45) is 0 Å². The zero-order chi connectivity index (χ0) is 11.1. The van der Waals surface area contributed by atoms with Crippen molar-refractivity contribution in [3.8, 4) is 0 Å². The van der Waals surface area contributed by atoms with Gasteiger partial charge < -0.3 is 4.57 Å². The van der Waals surface area contributed by atoms with E-state index in [1.54, 1.807) is 0 Å². The third kappa shape index (κ3) is 1.69. The Morgan fingerprint density at radius 2 is 2.00 bits per heavy atom. The lowest BCUT2D eigenvalue weighted by Crippen LogP contribution is -1.95. The highest BCUT2D eigenvalue weighted by molar-refractivity contribution is 8.93. The molecule has 88 valence electrons. The minimum absolute atomic E-state index is 0. The van der Waals surface area contributed by atoms with Gasteiger partial charge in [-0.1, -0.05) is 18.2 Å². The summed E-state index contributed by atoms with van der Waals surface area (Å²) in [6.45, 7) is 6.60. The number of hydrogen-bond acceptors (Lipinski definition) is 1. The summed E-state index contributed by atoms with van der Waals surface area (Å²) in [5.41, 5.74) is 3.43. The van der Waals surface area contributed by atoms with Crippen LogP contribution in [0.5, 0.6) is 0 Å². The van der Waals surface area contributed by atoms with Gasteiger partial charge in [-0.2, -0.15) is 0 Å². The molecule has 0 aliphatic heterocycles. The van der Waals surface area contributed by atoms with Crippen LogP contribution in [0.2, 0.25) is 0 Å². The van der Waals surface area contributed by atoms with Crippen LogP contribution in [0.4, 0.5) is 0 Å². The lowest BCUT2D eigenvalue weighted by Gasteiger charge is -1.99. The maximum Gasteiger partial charge on any atom is 0.215 e. The first kappa shape index (κ1) is 11.9. The molecule has 0 aliphatic carbocycles. The SMILES string of the molecule is Br.C=CCn1c2ccccc2n2cc(C)nc12. The molecule has 0 radical (unpaired) electrons. The summed E-state index contributed by atoms with van der Waals surface area (Å²) >= 11 is 0. The molecular formula is C13H14BrN3. The smallest absolute Gasteiger partial charge is 0.215 e. The zero-order valence-corrected chi connectivity index (χ0v) is 11.3. The summed E-state index contributed by atoms with van der Waals surface area (Å²) < 4.78 is 4.31. The monoisotopic (exact) mass is 291 g/mol. The maximum absolute atomic E-state index is 4.55. The van der Waals surface area contributed by atoms with Gasteiger partial charge >= 0.3 is 0 Å². The molecule has 3 rings (SSSR count). The van der Waals surface area contributed by atoms with Gasteiger partial charge in [0.1, 0.15) is 0 Å². The second-order valence-corrected chi connectivity index (χ2v) is 3.94. The van der Waals surface area contributed by atoms with Crippen molar-refractivity contribution in [3.63, 3.8) is 0 Å². The lowest BCUT2D eigenvalue weighted by molar-refractivity contribution is 0.872. The van der Waals surface area contributed by atoms with Crippen LogP contribution in [0, 0.1) is 6.92 Å². The minimum Gasteiger partial charge on any atom is -0.306 e. The summed E-state index contributed by atoms with van der Waals surface area (Å²) in [5, 5.41) is 0. The summed E-state index contributed by atoms with van der Waals surface area (Å²) in [6, 6.07) is 8.33. The average molecular weight is 292 g/mol. The summed E-state index contributed by atoms with van der Waals surface area (Å²) in [4.78, 5) is 4.55. The first-order chi connectivity index (χ1) is 7.81. The second kappa shape index (κ2) is 4.37. The highest BCUT2D eigenvalue weighted by atomic mass is 79.9. The topological polar surface area (TPSA) is 22.2 Å². The Kier molecular flexibility index (Phi) is 3.07. The van der Waals surface area contributed by atoms with Crippen LogP contribution >= 0.6 is 17.0 Å². The fraction of sp³-hybridized carbons (Fsp3) is 0.154. The van der Waals surface area contributed by atoms with Gasteiger partial charge in [0, 0.05) is 12.7 Å². The summed E-state index contributed by atoms with van der Waals surface area (Å²) in [6.07, 6.45) is 3.97. The molecule has 1 aromatic carbocycles. The molecule has 2 aromatic heterocycles. The normalized spacial score (nSPS) is 10.6. The summed E-state index contributed by atoms with van der Waals surface area (Å²) in [7, 11) is 0. The fourth-order valence-corrected chi connectivity index (χ4v) is 2.17. The van der Waals surface area contributed by atoms with E-state index in [9.17, 15) is 0 Å².